The lowest BCUT2D eigenvalue weighted by Crippen LogP contribution is -2.35. The van der Waals surface area contributed by atoms with Crippen LogP contribution in [0.5, 0.6) is 0 Å². The van der Waals surface area contributed by atoms with Crippen LogP contribution in [0.2, 0.25) is 0 Å². The van der Waals surface area contributed by atoms with Gasteiger partial charge in [-0.1, -0.05) is 19.8 Å². The maximum atomic E-state index is 5.69. The van der Waals surface area contributed by atoms with Gasteiger partial charge in [-0.3, -0.25) is 11.3 Å². The highest BCUT2D eigenvalue weighted by atomic mass is 79.9. The van der Waals surface area contributed by atoms with Crippen LogP contribution < -0.4 is 11.3 Å². The largest absolute Gasteiger partial charge is 0.457 e. The van der Waals surface area contributed by atoms with Crippen LogP contribution in [0.1, 0.15) is 44.2 Å². The predicted molar refractivity (Wildman–Crippen MR) is 67.6 cm³/mol. The number of halogens is 1. The van der Waals surface area contributed by atoms with E-state index >= 15 is 0 Å². The molecule has 1 aromatic rings. The third-order valence-electron chi connectivity index (χ3n) is 3.69. The quantitative estimate of drug-likeness (QED) is 0.662. The molecule has 3 nitrogen and oxygen atoms in total. The fourth-order valence-corrected chi connectivity index (χ4v) is 3.11. The second-order valence-electron chi connectivity index (χ2n) is 4.81. The lowest BCUT2D eigenvalue weighted by Gasteiger charge is -2.32. The molecule has 2 rings (SSSR count). The first kappa shape index (κ1) is 12.1. The van der Waals surface area contributed by atoms with Crippen molar-refractivity contribution in [3.8, 4) is 0 Å². The van der Waals surface area contributed by atoms with Crippen LogP contribution in [0, 0.1) is 11.8 Å². The molecule has 0 aliphatic heterocycles. The average molecular weight is 287 g/mol. The number of hydrazine groups is 1. The molecular formula is C12H19BrN2O. The minimum atomic E-state index is 0.209. The first-order valence-corrected chi connectivity index (χ1v) is 6.70. The standard InChI is InChI=1S/C12H19BrN2O/c1-8-2-4-9(5-3-8)11(15-14)10-6-7-16-12(10)13/h6-9,11,15H,2-5,14H2,1H3. The minimum absolute atomic E-state index is 0.209. The molecule has 0 bridgehead atoms. The number of nitrogens with one attached hydrogen (secondary N) is 1. The molecule has 0 saturated heterocycles. The molecule has 1 fully saturated rings. The van der Waals surface area contributed by atoms with Gasteiger partial charge in [-0.05, 0) is 46.7 Å². The molecule has 0 spiro atoms. The zero-order valence-electron chi connectivity index (χ0n) is 9.58. The molecule has 3 N–H and O–H groups in total. The molecule has 1 aliphatic carbocycles. The maximum Gasteiger partial charge on any atom is 0.173 e. The molecule has 1 aromatic heterocycles. The molecule has 1 atom stereocenters. The van der Waals surface area contributed by atoms with Gasteiger partial charge in [-0.25, -0.2) is 0 Å². The number of nitrogens with two attached hydrogens (primary N) is 1. The van der Waals surface area contributed by atoms with E-state index in [-0.39, 0.29) is 6.04 Å². The Kier molecular flexibility index (Phi) is 4.05. The van der Waals surface area contributed by atoms with Crippen molar-refractivity contribution in [1.82, 2.24) is 5.43 Å². The molecular weight excluding hydrogens is 268 g/mol. The highest BCUT2D eigenvalue weighted by molar-refractivity contribution is 9.10. The summed E-state index contributed by atoms with van der Waals surface area (Å²) in [4.78, 5) is 0. The molecule has 0 radical (unpaired) electrons. The summed E-state index contributed by atoms with van der Waals surface area (Å²) < 4.78 is 6.08. The van der Waals surface area contributed by atoms with E-state index in [4.69, 9.17) is 10.3 Å². The van der Waals surface area contributed by atoms with E-state index in [0.29, 0.717) is 5.92 Å². The van der Waals surface area contributed by atoms with Gasteiger partial charge >= 0.3 is 0 Å². The van der Waals surface area contributed by atoms with E-state index in [0.717, 1.165) is 16.2 Å². The number of furan rings is 1. The SMILES string of the molecule is CC1CCC(C(NN)c2ccoc2Br)CC1. The maximum absolute atomic E-state index is 5.69. The minimum Gasteiger partial charge on any atom is -0.457 e. The first-order chi connectivity index (χ1) is 7.72. The number of hydrogen-bond acceptors (Lipinski definition) is 3. The Morgan fingerprint density at radius 1 is 1.44 bits per heavy atom. The van der Waals surface area contributed by atoms with Gasteiger partial charge in [0.05, 0.1) is 12.3 Å². The Labute approximate surface area is 105 Å². The molecule has 1 aliphatic rings. The van der Waals surface area contributed by atoms with Crippen LogP contribution in [-0.4, -0.2) is 0 Å². The smallest absolute Gasteiger partial charge is 0.173 e. The molecule has 0 amide bonds. The van der Waals surface area contributed by atoms with E-state index in [9.17, 15) is 0 Å². The fourth-order valence-electron chi connectivity index (χ4n) is 2.63. The average Bonchev–Trinajstić information content (AvgIpc) is 2.69. The Morgan fingerprint density at radius 3 is 2.62 bits per heavy atom. The van der Waals surface area contributed by atoms with Gasteiger partial charge in [-0.15, -0.1) is 0 Å². The van der Waals surface area contributed by atoms with Gasteiger partial charge in [0.25, 0.3) is 0 Å². The summed E-state index contributed by atoms with van der Waals surface area (Å²) in [6.45, 7) is 2.33. The van der Waals surface area contributed by atoms with Crippen LogP contribution >= 0.6 is 15.9 Å². The number of rotatable bonds is 3. The van der Waals surface area contributed by atoms with Crippen molar-refractivity contribution in [2.75, 3.05) is 0 Å². The van der Waals surface area contributed by atoms with E-state index in [1.165, 1.54) is 25.7 Å². The van der Waals surface area contributed by atoms with Gasteiger partial charge in [0.1, 0.15) is 0 Å². The van der Waals surface area contributed by atoms with Crippen molar-refractivity contribution < 1.29 is 4.42 Å². The molecule has 16 heavy (non-hydrogen) atoms. The normalized spacial score (nSPS) is 27.9. The van der Waals surface area contributed by atoms with E-state index in [1.54, 1.807) is 6.26 Å². The molecule has 1 heterocycles. The summed E-state index contributed by atoms with van der Waals surface area (Å²) in [6.07, 6.45) is 6.80. The van der Waals surface area contributed by atoms with Gasteiger partial charge in [0.2, 0.25) is 0 Å². The van der Waals surface area contributed by atoms with Crippen molar-refractivity contribution in [3.63, 3.8) is 0 Å². The van der Waals surface area contributed by atoms with Gasteiger partial charge in [-0.2, -0.15) is 0 Å². The summed E-state index contributed by atoms with van der Waals surface area (Å²) in [7, 11) is 0. The third kappa shape index (κ3) is 2.50. The second kappa shape index (κ2) is 5.34. The molecule has 1 saturated carbocycles. The Bertz CT molecular complexity index is 332. The summed E-state index contributed by atoms with van der Waals surface area (Å²) in [6, 6.07) is 2.20. The highest BCUT2D eigenvalue weighted by Gasteiger charge is 2.28. The van der Waals surface area contributed by atoms with Crippen molar-refractivity contribution in [3.05, 3.63) is 22.6 Å². The van der Waals surface area contributed by atoms with Gasteiger partial charge in [0, 0.05) is 5.56 Å². The van der Waals surface area contributed by atoms with E-state index in [2.05, 4.69) is 28.3 Å². The lowest BCUT2D eigenvalue weighted by atomic mass is 9.78. The lowest BCUT2D eigenvalue weighted by molar-refractivity contribution is 0.231. The van der Waals surface area contributed by atoms with Crippen LogP contribution in [-0.2, 0) is 0 Å². The fraction of sp³-hybridized carbons (Fsp3) is 0.667. The second-order valence-corrected chi connectivity index (χ2v) is 5.53. The van der Waals surface area contributed by atoms with Gasteiger partial charge < -0.3 is 4.42 Å². The van der Waals surface area contributed by atoms with Crippen LogP contribution in [0.4, 0.5) is 0 Å². The van der Waals surface area contributed by atoms with Crippen LogP contribution in [0.3, 0.4) is 0 Å². The van der Waals surface area contributed by atoms with E-state index < -0.39 is 0 Å². The third-order valence-corrected chi connectivity index (χ3v) is 4.34. The summed E-state index contributed by atoms with van der Waals surface area (Å²) in [5.41, 5.74) is 4.08. The summed E-state index contributed by atoms with van der Waals surface area (Å²) in [5, 5.41) is 0. The van der Waals surface area contributed by atoms with Crippen LogP contribution in [0.15, 0.2) is 21.4 Å². The van der Waals surface area contributed by atoms with E-state index in [1.807, 2.05) is 6.07 Å². The zero-order valence-corrected chi connectivity index (χ0v) is 11.2. The molecule has 4 heteroatoms. The van der Waals surface area contributed by atoms with Gasteiger partial charge in [0.15, 0.2) is 4.67 Å². The molecule has 0 aromatic carbocycles. The Balaban J connectivity index is 2.08. The zero-order chi connectivity index (χ0) is 11.5. The predicted octanol–water partition coefficient (Wildman–Crippen LogP) is 3.37. The topological polar surface area (TPSA) is 51.2 Å². The Morgan fingerprint density at radius 2 is 2.12 bits per heavy atom. The Hall–Kier alpha value is -0.320. The molecule has 1 unspecified atom stereocenters. The van der Waals surface area contributed by atoms with Crippen molar-refractivity contribution in [1.29, 1.82) is 0 Å². The highest BCUT2D eigenvalue weighted by Crippen LogP contribution is 2.38. The van der Waals surface area contributed by atoms with Crippen molar-refractivity contribution in [2.45, 2.75) is 38.6 Å². The van der Waals surface area contributed by atoms with Crippen molar-refractivity contribution in [2.24, 2.45) is 17.7 Å². The monoisotopic (exact) mass is 286 g/mol. The summed E-state index contributed by atoms with van der Waals surface area (Å²) in [5.74, 6) is 7.17. The van der Waals surface area contributed by atoms with Crippen LogP contribution in [0.25, 0.3) is 0 Å². The summed E-state index contributed by atoms with van der Waals surface area (Å²) >= 11 is 3.42. The first-order valence-electron chi connectivity index (χ1n) is 5.91. The van der Waals surface area contributed by atoms with Crippen molar-refractivity contribution >= 4 is 15.9 Å². The number of hydrogen-bond donors (Lipinski definition) is 2. The molecule has 90 valence electrons.